The van der Waals surface area contributed by atoms with Crippen LogP contribution in [0.3, 0.4) is 0 Å². The van der Waals surface area contributed by atoms with Crippen LogP contribution in [0.2, 0.25) is 0 Å². The monoisotopic (exact) mass is 1410 g/mol. The summed E-state index contributed by atoms with van der Waals surface area (Å²) in [5.41, 5.74) is 7.91. The van der Waals surface area contributed by atoms with Crippen LogP contribution in [0, 0.1) is 0 Å². The first-order chi connectivity index (χ1) is 46.6. The number of H-pyrrole nitrogens is 1. The van der Waals surface area contributed by atoms with E-state index in [1.165, 1.54) is 43.0 Å². The molecule has 1 saturated heterocycles. The smallest absolute Gasteiger partial charge is 0.317 e. The van der Waals surface area contributed by atoms with Crippen molar-refractivity contribution >= 4 is 104 Å². The zero-order valence-corrected chi connectivity index (χ0v) is 55.6. The van der Waals surface area contributed by atoms with Crippen molar-refractivity contribution in [1.29, 1.82) is 0 Å². The topological polar surface area (TPSA) is 514 Å². The van der Waals surface area contributed by atoms with Crippen LogP contribution < -0.4 is 48.3 Å². The lowest BCUT2D eigenvalue weighted by Crippen LogP contribution is -2.62. The van der Waals surface area contributed by atoms with Gasteiger partial charge in [-0.3, -0.25) is 72.2 Å². The van der Waals surface area contributed by atoms with E-state index in [1.54, 1.807) is 60.8 Å². The summed E-state index contributed by atoms with van der Waals surface area (Å²) in [6.45, 7) is -2.70. The van der Waals surface area contributed by atoms with Gasteiger partial charge in [0, 0.05) is 74.0 Å². The third-order valence-electron chi connectivity index (χ3n) is 15.5. The summed E-state index contributed by atoms with van der Waals surface area (Å²) in [4.78, 5) is 171. The summed E-state index contributed by atoms with van der Waals surface area (Å²) in [7, 11) is 1.72. The van der Waals surface area contributed by atoms with Gasteiger partial charge in [0.1, 0.15) is 48.0 Å². The molecule has 0 spiro atoms. The molecule has 0 radical (unpaired) electrons. The molecule has 98 heavy (non-hydrogen) atoms. The Morgan fingerprint density at radius 2 is 1.14 bits per heavy atom. The van der Waals surface area contributed by atoms with Crippen LogP contribution in [0.15, 0.2) is 85.1 Å². The van der Waals surface area contributed by atoms with Crippen LogP contribution in [-0.4, -0.2) is 276 Å². The summed E-state index contributed by atoms with van der Waals surface area (Å²) in [5.74, 6) is -14.3. The number of aromatic nitrogens is 1. The van der Waals surface area contributed by atoms with Gasteiger partial charge in [-0.05, 0) is 74.5 Å². The largest absolute Gasteiger partial charge is 0.508 e. The van der Waals surface area contributed by atoms with Gasteiger partial charge in [0.25, 0.3) is 0 Å². The zero-order valence-electron chi connectivity index (χ0n) is 54.0. The summed E-state index contributed by atoms with van der Waals surface area (Å²) in [6, 6.07) is 8.49. The van der Waals surface area contributed by atoms with E-state index in [0.717, 1.165) is 31.4 Å². The number of nitrogens with two attached hydrogens (primary N) is 1. The Balaban J connectivity index is 1.58. The number of aliphatic carboxylic acids is 4. The lowest BCUT2D eigenvalue weighted by molar-refractivity contribution is -0.143. The fraction of sp³-hybridized carbons (Fsp3) is 0.492. The number of carboxylic acid groups (broad SMARTS) is 4. The number of rotatable bonds is 34. The van der Waals surface area contributed by atoms with Crippen molar-refractivity contribution in [1.82, 2.24) is 62.2 Å². The van der Waals surface area contributed by atoms with E-state index < -0.39 is 177 Å². The Morgan fingerprint density at radius 3 is 1.73 bits per heavy atom. The number of aliphatic hydroxyl groups excluding tert-OH is 3. The van der Waals surface area contributed by atoms with E-state index in [-0.39, 0.29) is 76.3 Å². The first-order valence-electron chi connectivity index (χ1n) is 31.4. The highest BCUT2D eigenvalue weighted by Gasteiger charge is 2.37. The average molecular weight is 1410 g/mol. The van der Waals surface area contributed by atoms with Gasteiger partial charge in [-0.2, -0.15) is 0 Å². The van der Waals surface area contributed by atoms with Gasteiger partial charge >= 0.3 is 23.9 Å². The fourth-order valence-corrected chi connectivity index (χ4v) is 12.6. The number of amides is 8. The van der Waals surface area contributed by atoms with Crippen LogP contribution >= 0.6 is 21.6 Å². The number of nitrogens with one attached hydrogen (secondary N) is 9. The first kappa shape index (κ1) is 79.7. The second-order valence-electron chi connectivity index (χ2n) is 23.4. The number of aromatic amines is 1. The summed E-state index contributed by atoms with van der Waals surface area (Å²) in [5, 5.41) is 102. The van der Waals surface area contributed by atoms with Crippen LogP contribution in [0.25, 0.3) is 10.9 Å². The number of phenolic OH excluding ortho intramolecular Hbond substituents is 1. The summed E-state index contributed by atoms with van der Waals surface area (Å²) < 4.78 is 0. The van der Waals surface area contributed by atoms with Crippen LogP contribution in [0.1, 0.15) is 49.8 Å². The number of aliphatic hydroxyl groups is 3. The summed E-state index contributed by atoms with van der Waals surface area (Å²) in [6.07, 6.45) is -1.52. The Kier molecular flexibility index (Phi) is 33.1. The minimum atomic E-state index is -1.79. The van der Waals surface area contributed by atoms with E-state index in [4.69, 9.17) is 5.73 Å². The fourth-order valence-electron chi connectivity index (χ4n) is 10.3. The predicted molar refractivity (Wildman–Crippen MR) is 358 cm³/mol. The normalized spacial score (nSPS) is 19.7. The second-order valence-corrected chi connectivity index (χ2v) is 26.0. The van der Waals surface area contributed by atoms with Gasteiger partial charge < -0.3 is 94.1 Å². The van der Waals surface area contributed by atoms with E-state index in [1.807, 2.05) is 0 Å². The number of nitrogens with zero attached hydrogens (tertiary/aromatic N) is 3. The molecule has 8 amide bonds. The molecule has 3 unspecified atom stereocenters. The van der Waals surface area contributed by atoms with Crippen molar-refractivity contribution in [3.8, 4) is 5.75 Å². The lowest BCUT2D eigenvalue weighted by Gasteiger charge is -2.29. The molecule has 0 aliphatic carbocycles. The summed E-state index contributed by atoms with van der Waals surface area (Å²) >= 11 is 0. The van der Waals surface area contributed by atoms with Gasteiger partial charge in [0.2, 0.25) is 47.3 Å². The second kappa shape index (κ2) is 40.7. The number of aromatic hydroxyl groups is 1. The molecule has 1 aromatic heterocycles. The molecule has 1 aliphatic rings. The van der Waals surface area contributed by atoms with E-state index >= 15 is 9.59 Å². The average Bonchev–Trinajstić information content (AvgIpc) is 1.74. The number of para-hydroxylation sites is 1. The molecular formula is C63H87N13O20S2. The maximum Gasteiger partial charge on any atom is 0.317 e. The van der Waals surface area contributed by atoms with Crippen molar-refractivity contribution in [2.24, 2.45) is 5.73 Å². The molecule has 1 aliphatic heterocycles. The number of carbonyl (C=O) groups excluding carboxylic acids is 8. The van der Waals surface area contributed by atoms with Crippen molar-refractivity contribution < 1.29 is 98.4 Å². The van der Waals surface area contributed by atoms with Crippen molar-refractivity contribution in [3.63, 3.8) is 0 Å². The lowest BCUT2D eigenvalue weighted by atomic mass is 10.0. The zero-order chi connectivity index (χ0) is 72.0. The van der Waals surface area contributed by atoms with Gasteiger partial charge in [0.05, 0.1) is 57.6 Å². The van der Waals surface area contributed by atoms with Crippen LogP contribution in [0.5, 0.6) is 5.75 Å². The standard InChI is InChI=1S/C63H87N13O20S2/c1-36(78)48(33-77)70-62(95)50-35-98-97-34-49(71-58(91)45(25-39-15-17-41(80)18-16-39)66-51(81)28-75(30-53(84)85)22-20-74(29-52(82)83)21-23-76(31-54(86)87)32-55(88)89)61(94)68-46(24-38-10-4-3-5-11-38)59(92)69-47(26-40-27-65-43-13-7-6-12-42(40)43)60(93)67-44(14-8-9-19-64)57(90)73-56(37(2)79)63(96)72-50/h3-7,10-13,15-18,27,36-37,44-50,56,65,77-80H,8-9,14,19-26,28-35,64H2,1-2H3,(H,66,81)(H,67,93)(H,68,94)(H,69,92)(H,70,95)(H,71,91)(H,72,96)(H,73,90)(H,82,83)(H,84,85)(H,86,87)(H,88,89)/t36-,37-,44+,45-,46?,47-,48-,49+,50?,56?/m1/s1. The number of benzene rings is 3. The van der Waals surface area contributed by atoms with Crippen molar-refractivity contribution in [2.75, 3.05) is 83.6 Å². The number of unbranched alkanes of at least 4 members (excludes halogenated alkanes) is 1. The first-order valence-corrected chi connectivity index (χ1v) is 33.9. The number of hydrogen-bond donors (Lipinski definition) is 18. The molecule has 5 rings (SSSR count). The third-order valence-corrected chi connectivity index (χ3v) is 17.9. The number of fused-ring (bicyclic) bond motifs is 1. The highest BCUT2D eigenvalue weighted by molar-refractivity contribution is 8.76. The van der Waals surface area contributed by atoms with Crippen molar-refractivity contribution in [3.05, 3.63) is 102 Å². The highest BCUT2D eigenvalue weighted by atomic mass is 33.1. The molecule has 19 N–H and O–H groups in total. The molecule has 1 fully saturated rings. The number of hydrogen-bond acceptors (Lipinski definition) is 22. The molecule has 10 atom stereocenters. The predicted octanol–water partition coefficient (Wildman–Crippen LogP) is -3.70. The molecule has 33 nitrogen and oxygen atoms in total. The molecule has 35 heteroatoms. The van der Waals surface area contributed by atoms with E-state index in [0.29, 0.717) is 34.0 Å². The third kappa shape index (κ3) is 27.5. The Hall–Kier alpha value is -8.94. The minimum absolute atomic E-state index is 0.0616. The van der Waals surface area contributed by atoms with Gasteiger partial charge in [-0.15, -0.1) is 0 Å². The number of carboxylic acids is 4. The van der Waals surface area contributed by atoms with Crippen LogP contribution in [-0.2, 0) is 76.8 Å². The molecule has 0 bridgehead atoms. The Bertz CT molecular complexity index is 3330. The van der Waals surface area contributed by atoms with Crippen LogP contribution in [0.4, 0.5) is 0 Å². The SMILES string of the molecule is C[C@@H](O)C1NC(=O)[C@H](CCCCN)NC(=O)[C@@H](Cc2c[nH]c3ccccc23)NC(=O)C(Cc2ccccc2)NC(=O)[C@@H](NC(=O)[C@@H](Cc2ccc(O)cc2)NC(=O)CN(CCN(CCN(CC(=O)O)CC(=O)O)CC(=O)O)CC(=O)O)CSSCC(C(=O)N[C@H](CO)[C@@H](C)O)NC1=O. The molecule has 0 saturated carbocycles. The van der Waals surface area contributed by atoms with Crippen molar-refractivity contribution in [2.45, 2.75) is 113 Å². The molecular weight excluding hydrogens is 1320 g/mol. The van der Waals surface area contributed by atoms with Gasteiger partial charge in [-0.1, -0.05) is 82.3 Å². The van der Waals surface area contributed by atoms with Gasteiger partial charge in [0.15, 0.2) is 0 Å². The number of carbonyl (C=O) groups is 12. The number of phenols is 1. The molecule has 2 heterocycles. The van der Waals surface area contributed by atoms with E-state index in [9.17, 15) is 88.8 Å². The Morgan fingerprint density at radius 1 is 0.602 bits per heavy atom. The minimum Gasteiger partial charge on any atom is -0.508 e. The molecule has 4 aromatic rings. The maximum absolute atomic E-state index is 15.2. The van der Waals surface area contributed by atoms with E-state index in [2.05, 4.69) is 47.5 Å². The highest BCUT2D eigenvalue weighted by Crippen LogP contribution is 2.25. The molecule has 536 valence electrons. The van der Waals surface area contributed by atoms with Gasteiger partial charge in [-0.25, -0.2) is 0 Å². The quantitative estimate of drug-likeness (QED) is 0.0158. The Labute approximate surface area is 571 Å². The maximum atomic E-state index is 15.2. The molecule has 3 aromatic carbocycles.